The zero-order valence-electron chi connectivity index (χ0n) is 16.2. The molecule has 148 valence electrons. The Balaban J connectivity index is 2.55. The number of nitrogens with zero attached hydrogens (tertiary/aromatic N) is 3. The van der Waals surface area contributed by atoms with Crippen molar-refractivity contribution in [2.75, 3.05) is 25.6 Å². The first-order valence-corrected chi connectivity index (χ1v) is 9.72. The maximum atomic E-state index is 13.2. The number of hydrogen-bond acceptors (Lipinski definition) is 5. The molecule has 2 aromatic heterocycles. The molecule has 0 bridgehead atoms. The lowest BCUT2D eigenvalue weighted by Crippen LogP contribution is -2.22. The van der Waals surface area contributed by atoms with E-state index in [4.69, 9.17) is 27.9 Å². The smallest absolute Gasteiger partial charge is 0.326 e. The second kappa shape index (κ2) is 7.97. The van der Waals surface area contributed by atoms with E-state index < -0.39 is 5.97 Å². The number of hydrogen-bond donors (Lipinski definition) is 0. The van der Waals surface area contributed by atoms with Crippen molar-refractivity contribution in [1.29, 1.82) is 0 Å². The summed E-state index contributed by atoms with van der Waals surface area (Å²) in [5.74, 6) is -0.423. The van der Waals surface area contributed by atoms with Crippen molar-refractivity contribution in [2.24, 2.45) is 0 Å². The fraction of sp³-hybridized carbons (Fsp3) is 0.350. The van der Waals surface area contributed by atoms with E-state index in [1.807, 2.05) is 25.9 Å². The molecule has 2 heterocycles. The summed E-state index contributed by atoms with van der Waals surface area (Å²) in [6.45, 7) is 3.83. The van der Waals surface area contributed by atoms with E-state index in [2.05, 4.69) is 4.98 Å². The van der Waals surface area contributed by atoms with E-state index >= 15 is 0 Å². The first-order valence-electron chi connectivity index (χ1n) is 8.97. The largest absolute Gasteiger partial charge is 0.465 e. The van der Waals surface area contributed by atoms with Crippen LogP contribution >= 0.6 is 23.2 Å². The Hall–Kier alpha value is -2.31. The minimum absolute atomic E-state index is 0.0971. The number of ether oxygens (including phenoxy) is 1. The Morgan fingerprint density at radius 2 is 1.89 bits per heavy atom. The van der Waals surface area contributed by atoms with Crippen LogP contribution in [0.1, 0.15) is 19.5 Å². The molecule has 0 fully saturated rings. The molecule has 3 aromatic rings. The van der Waals surface area contributed by atoms with Gasteiger partial charge >= 0.3 is 5.97 Å². The van der Waals surface area contributed by atoms with Crippen LogP contribution in [-0.4, -0.2) is 36.2 Å². The maximum Gasteiger partial charge on any atom is 0.326 e. The number of carbonyl (C=O) groups is 1. The molecule has 3 rings (SSSR count). The van der Waals surface area contributed by atoms with Gasteiger partial charge in [-0.1, -0.05) is 30.1 Å². The van der Waals surface area contributed by atoms with E-state index in [1.54, 1.807) is 29.7 Å². The minimum atomic E-state index is -0.423. The quantitative estimate of drug-likeness (QED) is 0.459. The number of rotatable bonds is 5. The number of halogens is 2. The van der Waals surface area contributed by atoms with E-state index in [1.165, 1.54) is 0 Å². The number of aromatic nitrogens is 2. The van der Waals surface area contributed by atoms with E-state index in [0.717, 1.165) is 0 Å². The van der Waals surface area contributed by atoms with Gasteiger partial charge in [-0.05, 0) is 31.5 Å². The van der Waals surface area contributed by atoms with Gasteiger partial charge in [-0.25, -0.2) is 4.98 Å². The van der Waals surface area contributed by atoms with Gasteiger partial charge in [-0.15, -0.1) is 0 Å². The Kier molecular flexibility index (Phi) is 5.82. The first-order chi connectivity index (χ1) is 13.3. The summed E-state index contributed by atoms with van der Waals surface area (Å²) in [7, 11) is 3.66. The molecule has 0 saturated heterocycles. The number of aryl methyl sites for hydroxylation is 1. The highest BCUT2D eigenvalue weighted by Gasteiger charge is 2.21. The van der Waals surface area contributed by atoms with Gasteiger partial charge in [-0.3, -0.25) is 9.59 Å². The van der Waals surface area contributed by atoms with Gasteiger partial charge in [0.05, 0.1) is 38.9 Å². The van der Waals surface area contributed by atoms with Crippen LogP contribution in [0.25, 0.3) is 21.9 Å². The number of benzene rings is 1. The molecule has 6 nitrogen and oxygen atoms in total. The SMILES string of the molecule is CCOC(=O)Cn1c2nc(CC)c(Cl)cc2c(=O)c2ccc(Cl)c(N(C)C)c21. The number of anilines is 1. The number of carbonyl (C=O) groups excluding carboxylic acids is 1. The Labute approximate surface area is 172 Å². The second-order valence-electron chi connectivity index (χ2n) is 6.55. The van der Waals surface area contributed by atoms with Gasteiger partial charge in [0.2, 0.25) is 0 Å². The summed E-state index contributed by atoms with van der Waals surface area (Å²) >= 11 is 12.8. The standard InChI is InChI=1S/C20H21Cl2N3O3/c1-5-15-14(22)9-12-19(27)11-7-8-13(21)18(24(3)4)17(11)25(20(12)23-15)10-16(26)28-6-2/h7-9H,5-6,10H2,1-4H3. The van der Waals surface area contributed by atoms with Gasteiger partial charge in [0, 0.05) is 19.5 Å². The zero-order chi connectivity index (χ0) is 20.6. The molecule has 0 saturated carbocycles. The predicted octanol–water partition coefficient (Wildman–Crippen LogP) is 4.05. The maximum absolute atomic E-state index is 13.2. The molecular formula is C20H21Cl2N3O3. The van der Waals surface area contributed by atoms with Crippen LogP contribution < -0.4 is 10.3 Å². The summed E-state index contributed by atoms with van der Waals surface area (Å²) in [4.78, 5) is 32.0. The topological polar surface area (TPSA) is 64.4 Å². The van der Waals surface area contributed by atoms with Gasteiger partial charge < -0.3 is 14.2 Å². The van der Waals surface area contributed by atoms with Crippen LogP contribution in [0.3, 0.4) is 0 Å². The number of pyridine rings is 2. The highest BCUT2D eigenvalue weighted by molar-refractivity contribution is 6.35. The highest BCUT2D eigenvalue weighted by atomic mass is 35.5. The normalized spacial score (nSPS) is 11.2. The van der Waals surface area contributed by atoms with E-state index in [-0.39, 0.29) is 18.6 Å². The molecule has 0 aliphatic rings. The fourth-order valence-electron chi connectivity index (χ4n) is 3.31. The molecule has 0 amide bonds. The van der Waals surface area contributed by atoms with Crippen LogP contribution in [0.15, 0.2) is 23.0 Å². The number of fused-ring (bicyclic) bond motifs is 2. The minimum Gasteiger partial charge on any atom is -0.465 e. The molecule has 0 atom stereocenters. The lowest BCUT2D eigenvalue weighted by atomic mass is 10.1. The summed E-state index contributed by atoms with van der Waals surface area (Å²) in [6, 6.07) is 4.96. The average molecular weight is 422 g/mol. The zero-order valence-corrected chi connectivity index (χ0v) is 17.7. The van der Waals surface area contributed by atoms with Crippen molar-refractivity contribution < 1.29 is 9.53 Å². The van der Waals surface area contributed by atoms with Crippen LogP contribution in [0, 0.1) is 0 Å². The van der Waals surface area contributed by atoms with Crippen molar-refractivity contribution in [3.8, 4) is 0 Å². The average Bonchev–Trinajstić information content (AvgIpc) is 2.64. The van der Waals surface area contributed by atoms with Gasteiger partial charge in [0.25, 0.3) is 0 Å². The summed E-state index contributed by atoms with van der Waals surface area (Å²) in [6.07, 6.45) is 0.594. The Morgan fingerprint density at radius 1 is 1.18 bits per heavy atom. The van der Waals surface area contributed by atoms with Gasteiger partial charge in [-0.2, -0.15) is 0 Å². The van der Waals surface area contributed by atoms with Crippen LogP contribution in [0.2, 0.25) is 10.0 Å². The fourth-order valence-corrected chi connectivity index (χ4v) is 3.92. The Morgan fingerprint density at radius 3 is 2.50 bits per heavy atom. The lowest BCUT2D eigenvalue weighted by Gasteiger charge is -2.22. The molecule has 0 radical (unpaired) electrons. The van der Waals surface area contributed by atoms with Crippen molar-refractivity contribution in [3.05, 3.63) is 44.2 Å². The lowest BCUT2D eigenvalue weighted by molar-refractivity contribution is -0.143. The van der Waals surface area contributed by atoms with Gasteiger partial charge in [0.1, 0.15) is 12.2 Å². The Bertz CT molecular complexity index is 1140. The molecule has 0 aliphatic heterocycles. The van der Waals surface area contributed by atoms with Crippen molar-refractivity contribution >= 4 is 56.8 Å². The van der Waals surface area contributed by atoms with Crippen LogP contribution in [0.4, 0.5) is 5.69 Å². The predicted molar refractivity (Wildman–Crippen MR) is 114 cm³/mol. The van der Waals surface area contributed by atoms with Crippen LogP contribution in [0.5, 0.6) is 0 Å². The third-order valence-corrected chi connectivity index (χ3v) is 5.15. The molecule has 0 N–H and O–H groups in total. The molecule has 0 aliphatic carbocycles. The van der Waals surface area contributed by atoms with E-state index in [0.29, 0.717) is 49.8 Å². The molecule has 8 heteroatoms. The second-order valence-corrected chi connectivity index (χ2v) is 7.36. The monoisotopic (exact) mass is 421 g/mol. The van der Waals surface area contributed by atoms with E-state index in [9.17, 15) is 9.59 Å². The summed E-state index contributed by atoms with van der Waals surface area (Å²) in [5, 5.41) is 1.69. The molecule has 1 aromatic carbocycles. The molecular weight excluding hydrogens is 401 g/mol. The van der Waals surface area contributed by atoms with Crippen molar-refractivity contribution in [1.82, 2.24) is 9.55 Å². The third-order valence-electron chi connectivity index (χ3n) is 4.52. The highest BCUT2D eigenvalue weighted by Crippen LogP contribution is 2.34. The third kappa shape index (κ3) is 3.42. The molecule has 28 heavy (non-hydrogen) atoms. The van der Waals surface area contributed by atoms with Crippen molar-refractivity contribution in [2.45, 2.75) is 26.8 Å². The van der Waals surface area contributed by atoms with Gasteiger partial charge in [0.15, 0.2) is 5.43 Å². The first kappa shape index (κ1) is 20.4. The van der Waals surface area contributed by atoms with Crippen molar-refractivity contribution in [3.63, 3.8) is 0 Å². The summed E-state index contributed by atoms with van der Waals surface area (Å²) in [5.41, 5.74) is 2.01. The summed E-state index contributed by atoms with van der Waals surface area (Å²) < 4.78 is 6.84. The van der Waals surface area contributed by atoms with Crippen LogP contribution in [-0.2, 0) is 22.5 Å². The molecule has 0 unspecified atom stereocenters. The number of esters is 1. The molecule has 0 spiro atoms.